The molecule has 1 aromatic rings. The Morgan fingerprint density at radius 3 is 2.64 bits per heavy atom. The van der Waals surface area contributed by atoms with E-state index in [-0.39, 0.29) is 30.8 Å². The summed E-state index contributed by atoms with van der Waals surface area (Å²) in [4.78, 5) is 23.9. The summed E-state index contributed by atoms with van der Waals surface area (Å²) in [5.41, 5.74) is 0.312. The fourth-order valence-corrected chi connectivity index (χ4v) is 2.34. The van der Waals surface area contributed by atoms with Crippen LogP contribution in [0.2, 0.25) is 0 Å². The van der Waals surface area contributed by atoms with Gasteiger partial charge >= 0.3 is 5.97 Å². The van der Waals surface area contributed by atoms with Crippen molar-refractivity contribution < 1.29 is 34.4 Å². The van der Waals surface area contributed by atoms with Crippen LogP contribution in [-0.2, 0) is 9.53 Å². The number of hydrogen-bond acceptors (Lipinski definition) is 7. The van der Waals surface area contributed by atoms with Crippen LogP contribution in [0.3, 0.4) is 0 Å². The highest BCUT2D eigenvalue weighted by Crippen LogP contribution is 2.30. The summed E-state index contributed by atoms with van der Waals surface area (Å²) in [5.74, 6) is -1.28. The van der Waals surface area contributed by atoms with Crippen molar-refractivity contribution in [1.82, 2.24) is 0 Å². The van der Waals surface area contributed by atoms with Crippen molar-refractivity contribution in [3.05, 3.63) is 41.5 Å². The van der Waals surface area contributed by atoms with E-state index in [0.717, 1.165) is 6.08 Å². The van der Waals surface area contributed by atoms with Gasteiger partial charge in [0.2, 0.25) is 0 Å². The number of aromatic hydroxyl groups is 1. The van der Waals surface area contributed by atoms with Gasteiger partial charge in [0.25, 0.3) is 0 Å². The Morgan fingerprint density at radius 1 is 1.16 bits per heavy atom. The van der Waals surface area contributed by atoms with E-state index in [2.05, 4.69) is 0 Å². The molecule has 0 aliphatic carbocycles. The normalized spacial score (nSPS) is 24.6. The molecule has 25 heavy (non-hydrogen) atoms. The highest BCUT2D eigenvalue weighted by Gasteiger charge is 2.22. The first-order chi connectivity index (χ1) is 11.9. The lowest BCUT2D eigenvalue weighted by Gasteiger charge is -2.14. The number of fused-ring (bicyclic) bond motifs is 1. The molecule has 2 rings (SSSR count). The van der Waals surface area contributed by atoms with Crippen molar-refractivity contribution in [2.45, 2.75) is 25.0 Å². The number of methoxy groups -OCH3 is 1. The molecule has 7 heteroatoms. The fourth-order valence-electron chi connectivity index (χ4n) is 2.34. The minimum absolute atomic E-state index is 0.00408. The van der Waals surface area contributed by atoms with E-state index < -0.39 is 24.0 Å². The van der Waals surface area contributed by atoms with Gasteiger partial charge in [-0.2, -0.15) is 0 Å². The third-order valence-corrected chi connectivity index (χ3v) is 3.69. The highest BCUT2D eigenvalue weighted by molar-refractivity contribution is 5.97. The number of esters is 1. The maximum absolute atomic E-state index is 12.2. The molecule has 3 N–H and O–H groups in total. The van der Waals surface area contributed by atoms with E-state index in [1.54, 1.807) is 0 Å². The molecule has 0 spiro atoms. The zero-order valence-corrected chi connectivity index (χ0v) is 13.7. The van der Waals surface area contributed by atoms with Gasteiger partial charge in [-0.15, -0.1) is 0 Å². The Morgan fingerprint density at radius 2 is 1.92 bits per heavy atom. The number of carbonyl (C=O) groups excluding carboxylic acids is 2. The average molecular weight is 348 g/mol. The summed E-state index contributed by atoms with van der Waals surface area (Å²) in [7, 11) is 1.42. The lowest BCUT2D eigenvalue weighted by molar-refractivity contribution is -0.127. The molecule has 1 aliphatic rings. The molecule has 2 atom stereocenters. The van der Waals surface area contributed by atoms with Crippen LogP contribution in [0.25, 0.3) is 6.08 Å². The van der Waals surface area contributed by atoms with Gasteiger partial charge in [0.15, 0.2) is 5.78 Å². The van der Waals surface area contributed by atoms with Gasteiger partial charge in [-0.05, 0) is 30.5 Å². The molecule has 7 nitrogen and oxygen atoms in total. The van der Waals surface area contributed by atoms with E-state index in [1.165, 1.54) is 37.5 Å². The average Bonchev–Trinajstić information content (AvgIpc) is 2.59. The largest absolute Gasteiger partial charge is 0.507 e. The number of cyclic esters (lactones) is 1. The first-order valence-corrected chi connectivity index (χ1v) is 7.75. The van der Waals surface area contributed by atoms with Crippen LogP contribution in [0.5, 0.6) is 11.5 Å². The summed E-state index contributed by atoms with van der Waals surface area (Å²) in [5, 5.41) is 29.8. The second-order valence-electron chi connectivity index (χ2n) is 5.49. The number of hydrogen-bond donors (Lipinski definition) is 3. The Kier molecular flexibility index (Phi) is 6.32. The minimum Gasteiger partial charge on any atom is -0.507 e. The molecule has 0 radical (unpaired) electrons. The van der Waals surface area contributed by atoms with Crippen LogP contribution in [0, 0.1) is 0 Å². The smallest absolute Gasteiger partial charge is 0.342 e. The number of rotatable bonds is 1. The molecular weight excluding hydrogens is 328 g/mol. The number of phenols is 1. The Labute approximate surface area is 144 Å². The number of ketones is 1. The minimum atomic E-state index is -1.54. The molecule has 0 aromatic heterocycles. The van der Waals surface area contributed by atoms with E-state index in [1.807, 2.05) is 0 Å². The van der Waals surface area contributed by atoms with Gasteiger partial charge in [0.1, 0.15) is 23.2 Å². The van der Waals surface area contributed by atoms with Crippen molar-refractivity contribution in [1.29, 1.82) is 0 Å². The SMILES string of the molecule is COc1cc(O)c2c(c1)/C=C/C[C@H](O)[C@H](O)C(=O)/C=C/CCOC2=O. The first kappa shape index (κ1) is 18.7. The molecule has 134 valence electrons. The van der Waals surface area contributed by atoms with Crippen LogP contribution in [0.1, 0.15) is 28.8 Å². The number of aliphatic hydroxyl groups excluding tert-OH is 2. The van der Waals surface area contributed by atoms with E-state index >= 15 is 0 Å². The van der Waals surface area contributed by atoms with Crippen LogP contribution in [0.15, 0.2) is 30.4 Å². The van der Waals surface area contributed by atoms with Gasteiger partial charge in [0, 0.05) is 6.07 Å². The molecular formula is C18H20O7. The lowest BCUT2D eigenvalue weighted by Crippen LogP contribution is -2.32. The van der Waals surface area contributed by atoms with E-state index in [0.29, 0.717) is 11.3 Å². The molecule has 1 aliphatic heterocycles. The van der Waals surface area contributed by atoms with Gasteiger partial charge in [0.05, 0.1) is 19.8 Å². The van der Waals surface area contributed by atoms with Gasteiger partial charge < -0.3 is 24.8 Å². The first-order valence-electron chi connectivity index (χ1n) is 7.75. The molecule has 0 saturated carbocycles. The lowest BCUT2D eigenvalue weighted by atomic mass is 10.0. The Hall–Kier alpha value is -2.64. The maximum Gasteiger partial charge on any atom is 0.342 e. The number of carbonyl (C=O) groups is 2. The predicted molar refractivity (Wildman–Crippen MR) is 89.4 cm³/mol. The number of ether oxygens (including phenoxy) is 2. The van der Waals surface area contributed by atoms with Crippen LogP contribution < -0.4 is 4.74 Å². The molecule has 0 saturated heterocycles. The Balaban J connectivity index is 2.40. The predicted octanol–water partition coefficient (Wildman–Crippen LogP) is 1.21. The van der Waals surface area contributed by atoms with Gasteiger partial charge in [-0.25, -0.2) is 4.79 Å². The van der Waals surface area contributed by atoms with Crippen LogP contribution in [0.4, 0.5) is 0 Å². The van der Waals surface area contributed by atoms with Gasteiger partial charge in [-0.3, -0.25) is 4.79 Å². The molecule has 1 aromatic carbocycles. The topological polar surface area (TPSA) is 113 Å². The summed E-state index contributed by atoms with van der Waals surface area (Å²) in [6.45, 7) is -0.00408. The number of aliphatic hydroxyl groups is 2. The second-order valence-corrected chi connectivity index (χ2v) is 5.49. The Bertz CT molecular complexity index is 706. The van der Waals surface area contributed by atoms with Crippen LogP contribution in [-0.4, -0.2) is 53.0 Å². The van der Waals surface area contributed by atoms with Crippen molar-refractivity contribution in [3.8, 4) is 11.5 Å². The third kappa shape index (κ3) is 4.68. The second kappa shape index (κ2) is 8.46. The summed E-state index contributed by atoms with van der Waals surface area (Å²) >= 11 is 0. The van der Waals surface area contributed by atoms with E-state index in [9.17, 15) is 24.9 Å². The monoisotopic (exact) mass is 348 g/mol. The molecule has 0 unspecified atom stereocenters. The molecule has 1 heterocycles. The number of phenolic OH excluding ortho intramolecular Hbond substituents is 1. The van der Waals surface area contributed by atoms with Crippen molar-refractivity contribution in [3.63, 3.8) is 0 Å². The standard InChI is InChI=1S/C18H20O7/c1-24-12-9-11-5-4-7-14(20)17(22)13(19)6-2-3-8-25-18(23)16(11)15(21)10-12/h2,4-6,9-10,14,17,20-22H,3,7-8H2,1H3/b5-4+,6-2+/t14-,17+/m0/s1. The van der Waals surface area contributed by atoms with Crippen molar-refractivity contribution in [2.24, 2.45) is 0 Å². The quantitative estimate of drug-likeness (QED) is 0.654. The van der Waals surface area contributed by atoms with Crippen LogP contribution >= 0.6 is 0 Å². The molecule has 0 bridgehead atoms. The van der Waals surface area contributed by atoms with Crippen molar-refractivity contribution >= 4 is 17.8 Å². The molecule has 0 fully saturated rings. The van der Waals surface area contributed by atoms with Crippen molar-refractivity contribution in [2.75, 3.05) is 13.7 Å². The zero-order chi connectivity index (χ0) is 18.4. The number of benzene rings is 1. The van der Waals surface area contributed by atoms with E-state index in [4.69, 9.17) is 9.47 Å². The maximum atomic E-state index is 12.2. The molecule has 0 amide bonds. The summed E-state index contributed by atoms with van der Waals surface area (Å²) < 4.78 is 10.2. The summed E-state index contributed by atoms with van der Waals surface area (Å²) in [6.07, 6.45) is 2.98. The highest BCUT2D eigenvalue weighted by atomic mass is 16.5. The third-order valence-electron chi connectivity index (χ3n) is 3.69. The zero-order valence-electron chi connectivity index (χ0n) is 13.7. The summed E-state index contributed by atoms with van der Waals surface area (Å²) in [6, 6.07) is 2.83. The van der Waals surface area contributed by atoms with Gasteiger partial charge in [-0.1, -0.05) is 18.2 Å². The fraction of sp³-hybridized carbons (Fsp3) is 0.333.